The average Bonchev–Trinajstić information content (AvgIpc) is 3.26. The molecule has 3 fully saturated rings. The average molecular weight is 405 g/mol. The van der Waals surface area contributed by atoms with Crippen molar-refractivity contribution in [3.63, 3.8) is 0 Å². The van der Waals surface area contributed by atoms with E-state index in [1.807, 2.05) is 7.05 Å². The lowest BCUT2D eigenvalue weighted by Crippen LogP contribution is -2.49. The van der Waals surface area contributed by atoms with Gasteiger partial charge in [0, 0.05) is 26.7 Å². The standard InChI is InChI=1S/C17H31N3.HI/c1-12-8-13(2)11-20(10-12)17(18-3)19-9-16(14-4-5-14)15-6-7-15;/h12-16H,4-11H2,1-3H3,(H,18,19);1H. The van der Waals surface area contributed by atoms with Gasteiger partial charge in [-0.25, -0.2) is 0 Å². The predicted molar refractivity (Wildman–Crippen MR) is 100 cm³/mol. The van der Waals surface area contributed by atoms with E-state index in [-0.39, 0.29) is 24.0 Å². The van der Waals surface area contributed by atoms with Gasteiger partial charge in [-0.3, -0.25) is 4.99 Å². The minimum Gasteiger partial charge on any atom is -0.356 e. The highest BCUT2D eigenvalue weighted by Crippen LogP contribution is 2.48. The van der Waals surface area contributed by atoms with Crippen LogP contribution in [0.15, 0.2) is 4.99 Å². The third-order valence-electron chi connectivity index (χ3n) is 5.33. The van der Waals surface area contributed by atoms with Gasteiger partial charge in [0.1, 0.15) is 0 Å². The summed E-state index contributed by atoms with van der Waals surface area (Å²) in [4.78, 5) is 7.03. The van der Waals surface area contributed by atoms with Crippen LogP contribution in [0.3, 0.4) is 0 Å². The molecule has 1 heterocycles. The molecule has 0 aromatic rings. The summed E-state index contributed by atoms with van der Waals surface area (Å²) in [6.07, 6.45) is 7.25. The topological polar surface area (TPSA) is 27.6 Å². The van der Waals surface area contributed by atoms with Crippen molar-refractivity contribution < 1.29 is 0 Å². The molecule has 0 radical (unpaired) electrons. The first kappa shape index (κ1) is 17.4. The van der Waals surface area contributed by atoms with E-state index in [0.717, 1.165) is 42.1 Å². The molecular weight excluding hydrogens is 373 g/mol. The van der Waals surface area contributed by atoms with Crippen molar-refractivity contribution in [2.75, 3.05) is 26.7 Å². The lowest BCUT2D eigenvalue weighted by molar-refractivity contribution is 0.207. The maximum absolute atomic E-state index is 4.54. The lowest BCUT2D eigenvalue weighted by atomic mass is 9.92. The van der Waals surface area contributed by atoms with Crippen LogP contribution < -0.4 is 5.32 Å². The molecule has 3 rings (SSSR count). The minimum atomic E-state index is 0. The summed E-state index contributed by atoms with van der Waals surface area (Å²) >= 11 is 0. The third kappa shape index (κ3) is 4.73. The van der Waals surface area contributed by atoms with E-state index in [4.69, 9.17) is 0 Å². The number of hydrogen-bond donors (Lipinski definition) is 1. The van der Waals surface area contributed by atoms with Crippen LogP contribution in [-0.4, -0.2) is 37.5 Å². The van der Waals surface area contributed by atoms with Crippen LogP contribution in [0.4, 0.5) is 0 Å². The second-order valence-electron chi connectivity index (χ2n) is 7.62. The van der Waals surface area contributed by atoms with Crippen molar-refractivity contribution in [2.45, 2.75) is 46.0 Å². The summed E-state index contributed by atoms with van der Waals surface area (Å²) in [6, 6.07) is 0. The first-order valence-electron chi connectivity index (χ1n) is 8.63. The zero-order valence-electron chi connectivity index (χ0n) is 13.8. The number of likely N-dealkylation sites (tertiary alicyclic amines) is 1. The second-order valence-corrected chi connectivity index (χ2v) is 7.62. The first-order chi connectivity index (χ1) is 9.67. The highest BCUT2D eigenvalue weighted by atomic mass is 127. The summed E-state index contributed by atoms with van der Waals surface area (Å²) in [5.41, 5.74) is 0. The molecule has 2 atom stereocenters. The van der Waals surface area contributed by atoms with E-state index in [1.54, 1.807) is 0 Å². The van der Waals surface area contributed by atoms with Crippen LogP contribution in [-0.2, 0) is 0 Å². The molecule has 4 heteroatoms. The van der Waals surface area contributed by atoms with E-state index < -0.39 is 0 Å². The molecule has 1 N–H and O–H groups in total. The van der Waals surface area contributed by atoms with E-state index >= 15 is 0 Å². The Morgan fingerprint density at radius 1 is 1.10 bits per heavy atom. The van der Waals surface area contributed by atoms with E-state index in [2.05, 4.69) is 29.1 Å². The van der Waals surface area contributed by atoms with Gasteiger partial charge in [-0.2, -0.15) is 0 Å². The van der Waals surface area contributed by atoms with Crippen LogP contribution in [0, 0.1) is 29.6 Å². The predicted octanol–water partition coefficient (Wildman–Crippen LogP) is 3.59. The molecule has 122 valence electrons. The lowest BCUT2D eigenvalue weighted by Gasteiger charge is -2.37. The Balaban J connectivity index is 0.00000161. The second kappa shape index (κ2) is 7.51. The van der Waals surface area contributed by atoms with Gasteiger partial charge >= 0.3 is 0 Å². The summed E-state index contributed by atoms with van der Waals surface area (Å²) in [6.45, 7) is 8.23. The number of hydrogen-bond acceptors (Lipinski definition) is 1. The molecule has 2 saturated carbocycles. The number of aliphatic imine (C=N–C) groups is 1. The molecule has 2 unspecified atom stereocenters. The zero-order valence-corrected chi connectivity index (χ0v) is 16.2. The van der Waals surface area contributed by atoms with E-state index in [9.17, 15) is 0 Å². The van der Waals surface area contributed by atoms with Crippen molar-refractivity contribution in [3.8, 4) is 0 Å². The molecule has 21 heavy (non-hydrogen) atoms. The van der Waals surface area contributed by atoms with Crippen molar-refractivity contribution in [2.24, 2.45) is 34.6 Å². The fourth-order valence-electron chi connectivity index (χ4n) is 4.14. The van der Waals surface area contributed by atoms with Gasteiger partial charge < -0.3 is 10.2 Å². The summed E-state index contributed by atoms with van der Waals surface area (Å²) < 4.78 is 0. The number of nitrogens with zero attached hydrogens (tertiary/aromatic N) is 2. The van der Waals surface area contributed by atoms with Crippen molar-refractivity contribution in [1.82, 2.24) is 10.2 Å². The fourth-order valence-corrected chi connectivity index (χ4v) is 4.14. The number of nitrogens with one attached hydrogen (secondary N) is 1. The van der Waals surface area contributed by atoms with Crippen molar-refractivity contribution in [1.29, 1.82) is 0 Å². The Kier molecular flexibility index (Phi) is 6.21. The van der Waals surface area contributed by atoms with Gasteiger partial charge in [0.05, 0.1) is 0 Å². The molecule has 0 amide bonds. The Morgan fingerprint density at radius 3 is 2.05 bits per heavy atom. The maximum atomic E-state index is 4.54. The Morgan fingerprint density at radius 2 is 1.62 bits per heavy atom. The molecule has 0 bridgehead atoms. The Labute approximate surface area is 147 Å². The molecule has 0 aromatic heterocycles. The van der Waals surface area contributed by atoms with Gasteiger partial charge in [-0.05, 0) is 61.7 Å². The normalized spacial score (nSPS) is 30.3. The highest BCUT2D eigenvalue weighted by Gasteiger charge is 2.41. The Hall–Kier alpha value is 0. The quantitative estimate of drug-likeness (QED) is 0.440. The van der Waals surface area contributed by atoms with Crippen LogP contribution in [0.2, 0.25) is 0 Å². The number of guanidine groups is 1. The highest BCUT2D eigenvalue weighted by molar-refractivity contribution is 14.0. The molecule has 3 aliphatic rings. The summed E-state index contributed by atoms with van der Waals surface area (Å²) in [5.74, 6) is 5.70. The largest absolute Gasteiger partial charge is 0.356 e. The molecule has 0 aromatic carbocycles. The summed E-state index contributed by atoms with van der Waals surface area (Å²) in [5, 5.41) is 3.70. The van der Waals surface area contributed by atoms with Gasteiger partial charge in [0.2, 0.25) is 0 Å². The van der Waals surface area contributed by atoms with Crippen LogP contribution in [0.25, 0.3) is 0 Å². The van der Waals surface area contributed by atoms with Crippen LogP contribution >= 0.6 is 24.0 Å². The van der Waals surface area contributed by atoms with Gasteiger partial charge in [0.25, 0.3) is 0 Å². The molecule has 0 spiro atoms. The smallest absolute Gasteiger partial charge is 0.193 e. The van der Waals surface area contributed by atoms with Gasteiger partial charge in [-0.15, -0.1) is 24.0 Å². The zero-order chi connectivity index (χ0) is 14.1. The SMILES string of the molecule is CN=C(NCC(C1CC1)C1CC1)N1CC(C)CC(C)C1.I. The van der Waals surface area contributed by atoms with Crippen molar-refractivity contribution in [3.05, 3.63) is 0 Å². The van der Waals surface area contributed by atoms with Crippen molar-refractivity contribution >= 4 is 29.9 Å². The van der Waals surface area contributed by atoms with E-state index in [1.165, 1.54) is 45.2 Å². The molecule has 1 aliphatic heterocycles. The van der Waals surface area contributed by atoms with Crippen LogP contribution in [0.1, 0.15) is 46.0 Å². The number of rotatable bonds is 4. The molecule has 1 saturated heterocycles. The maximum Gasteiger partial charge on any atom is 0.193 e. The van der Waals surface area contributed by atoms with Gasteiger partial charge in [-0.1, -0.05) is 13.8 Å². The molecule has 3 nitrogen and oxygen atoms in total. The monoisotopic (exact) mass is 405 g/mol. The third-order valence-corrected chi connectivity index (χ3v) is 5.33. The van der Waals surface area contributed by atoms with Gasteiger partial charge in [0.15, 0.2) is 5.96 Å². The number of piperidine rings is 1. The molecule has 2 aliphatic carbocycles. The fraction of sp³-hybridized carbons (Fsp3) is 0.941. The number of halogens is 1. The van der Waals surface area contributed by atoms with E-state index in [0.29, 0.717) is 0 Å². The first-order valence-corrected chi connectivity index (χ1v) is 8.63. The van der Waals surface area contributed by atoms with Crippen LogP contribution in [0.5, 0.6) is 0 Å². The minimum absolute atomic E-state index is 0. The molecular formula is C17H32IN3. The Bertz CT molecular complexity index is 341. The summed E-state index contributed by atoms with van der Waals surface area (Å²) in [7, 11) is 1.94.